The lowest BCUT2D eigenvalue weighted by Crippen LogP contribution is -2.44. The van der Waals surface area contributed by atoms with E-state index in [1.54, 1.807) is 7.11 Å². The van der Waals surface area contributed by atoms with Gasteiger partial charge in [-0.25, -0.2) is 0 Å². The molecule has 1 aromatic rings. The van der Waals surface area contributed by atoms with Gasteiger partial charge in [-0.15, -0.1) is 0 Å². The van der Waals surface area contributed by atoms with Gasteiger partial charge in [0.1, 0.15) is 11.8 Å². The van der Waals surface area contributed by atoms with E-state index >= 15 is 0 Å². The molecule has 0 bridgehead atoms. The highest BCUT2D eigenvalue weighted by Gasteiger charge is 2.24. The molecule has 0 heterocycles. The maximum Gasteiger partial charge on any atom is 0.125 e. The molecule has 4 heteroatoms. The van der Waals surface area contributed by atoms with E-state index in [4.69, 9.17) is 4.74 Å². The van der Waals surface area contributed by atoms with Crippen LogP contribution in [0.5, 0.6) is 5.75 Å². The molecule has 0 aliphatic carbocycles. The summed E-state index contributed by atoms with van der Waals surface area (Å²) in [5.74, 6) is 0.667. The molecule has 1 rings (SSSR count). The fourth-order valence-corrected chi connectivity index (χ4v) is 1.52. The second kappa shape index (κ2) is 5.67. The van der Waals surface area contributed by atoms with Crippen molar-refractivity contribution in [2.45, 2.75) is 25.4 Å². The number of aliphatic hydroxyl groups excluding tert-OH is 1. The second-order valence-corrected chi connectivity index (χ2v) is 4.49. The predicted molar refractivity (Wildman–Crippen MR) is 65.6 cm³/mol. The molecule has 0 radical (unpaired) electrons. The first kappa shape index (κ1) is 13.5. The Morgan fingerprint density at radius 3 is 2.65 bits per heavy atom. The third-order valence-electron chi connectivity index (χ3n) is 2.51. The molecule has 0 saturated heterocycles. The number of rotatable bonds is 5. The number of hydrogen-bond donors (Lipinski definition) is 2. The molecule has 1 aromatic carbocycles. The molecule has 0 aliphatic heterocycles. The van der Waals surface area contributed by atoms with Crippen LogP contribution >= 0.6 is 0 Å². The smallest absolute Gasteiger partial charge is 0.125 e. The molecule has 4 nitrogen and oxygen atoms in total. The number of nitrogens with one attached hydrogen (secondary N) is 1. The Morgan fingerprint density at radius 1 is 1.47 bits per heavy atom. The first-order valence-corrected chi connectivity index (χ1v) is 5.45. The average molecular weight is 234 g/mol. The molecule has 1 atom stereocenters. The van der Waals surface area contributed by atoms with Gasteiger partial charge in [0.2, 0.25) is 0 Å². The molecule has 92 valence electrons. The van der Waals surface area contributed by atoms with Crippen molar-refractivity contribution in [1.82, 2.24) is 5.32 Å². The minimum absolute atomic E-state index is 0.0413. The van der Waals surface area contributed by atoms with Crippen LogP contribution in [-0.4, -0.2) is 24.4 Å². The number of aliphatic hydroxyl groups is 1. The standard InChI is InChI=1S/C13H18N2O2/c1-13(2,9-16)15-11(8-14)10-6-4-5-7-12(10)17-3/h4-7,11,15-16H,9H2,1-3H3. The number of ether oxygens (including phenoxy) is 1. The SMILES string of the molecule is COc1ccccc1C(C#N)NC(C)(C)CO. The van der Waals surface area contributed by atoms with Crippen LogP contribution in [-0.2, 0) is 0 Å². The van der Waals surface area contributed by atoms with Crippen LogP contribution in [0.25, 0.3) is 0 Å². The molecular weight excluding hydrogens is 216 g/mol. The Morgan fingerprint density at radius 2 is 2.12 bits per heavy atom. The highest BCUT2D eigenvalue weighted by Crippen LogP contribution is 2.25. The van der Waals surface area contributed by atoms with E-state index in [0.29, 0.717) is 5.75 Å². The Hall–Kier alpha value is -1.57. The lowest BCUT2D eigenvalue weighted by molar-refractivity contribution is 0.182. The van der Waals surface area contributed by atoms with Crippen LogP contribution in [0.4, 0.5) is 0 Å². The molecule has 17 heavy (non-hydrogen) atoms. The highest BCUT2D eigenvalue weighted by atomic mass is 16.5. The number of methoxy groups -OCH3 is 1. The van der Waals surface area contributed by atoms with Crippen LogP contribution in [0.3, 0.4) is 0 Å². The fourth-order valence-electron chi connectivity index (χ4n) is 1.52. The van der Waals surface area contributed by atoms with Crippen LogP contribution in [0.1, 0.15) is 25.5 Å². The predicted octanol–water partition coefficient (Wildman–Crippen LogP) is 1.62. The quantitative estimate of drug-likeness (QED) is 0.812. The average Bonchev–Trinajstić information content (AvgIpc) is 2.36. The van der Waals surface area contributed by atoms with E-state index in [2.05, 4.69) is 11.4 Å². The third kappa shape index (κ3) is 3.45. The summed E-state index contributed by atoms with van der Waals surface area (Å²) in [6.07, 6.45) is 0. The third-order valence-corrected chi connectivity index (χ3v) is 2.51. The highest BCUT2D eigenvalue weighted by molar-refractivity contribution is 5.38. The van der Waals surface area contributed by atoms with Gasteiger partial charge in [0.05, 0.1) is 19.8 Å². The van der Waals surface area contributed by atoms with E-state index in [-0.39, 0.29) is 6.61 Å². The molecule has 0 spiro atoms. The Bertz CT molecular complexity index is 410. The number of nitriles is 1. The molecule has 0 aliphatic rings. The van der Waals surface area contributed by atoms with Crippen molar-refractivity contribution < 1.29 is 9.84 Å². The number of hydrogen-bond acceptors (Lipinski definition) is 4. The Kier molecular flexibility index (Phi) is 4.50. The van der Waals surface area contributed by atoms with Gasteiger partial charge in [0.25, 0.3) is 0 Å². The molecule has 2 N–H and O–H groups in total. The molecule has 0 aromatic heterocycles. The second-order valence-electron chi connectivity index (χ2n) is 4.49. The van der Waals surface area contributed by atoms with Gasteiger partial charge in [0.15, 0.2) is 0 Å². The van der Waals surface area contributed by atoms with E-state index in [1.165, 1.54) is 0 Å². The van der Waals surface area contributed by atoms with Gasteiger partial charge in [-0.2, -0.15) is 5.26 Å². The van der Waals surface area contributed by atoms with Crippen molar-refractivity contribution >= 4 is 0 Å². The summed E-state index contributed by atoms with van der Waals surface area (Å²) in [7, 11) is 1.57. The van der Waals surface area contributed by atoms with Crippen LogP contribution < -0.4 is 10.1 Å². The summed E-state index contributed by atoms with van der Waals surface area (Å²) >= 11 is 0. The van der Waals surface area contributed by atoms with E-state index in [1.807, 2.05) is 38.1 Å². The first-order valence-electron chi connectivity index (χ1n) is 5.45. The summed E-state index contributed by atoms with van der Waals surface area (Å²) in [5.41, 5.74) is 0.264. The topological polar surface area (TPSA) is 65.3 Å². The van der Waals surface area contributed by atoms with Crippen LogP contribution in [0.15, 0.2) is 24.3 Å². The van der Waals surface area contributed by atoms with Crippen LogP contribution in [0.2, 0.25) is 0 Å². The summed E-state index contributed by atoms with van der Waals surface area (Å²) in [6, 6.07) is 9.04. The normalized spacial score (nSPS) is 12.9. The van der Waals surface area contributed by atoms with E-state index < -0.39 is 11.6 Å². The summed E-state index contributed by atoms with van der Waals surface area (Å²) in [4.78, 5) is 0. The van der Waals surface area contributed by atoms with Crippen molar-refractivity contribution in [2.75, 3.05) is 13.7 Å². The van der Waals surface area contributed by atoms with Gasteiger partial charge < -0.3 is 9.84 Å². The van der Waals surface area contributed by atoms with Crippen molar-refractivity contribution in [3.63, 3.8) is 0 Å². The fraction of sp³-hybridized carbons (Fsp3) is 0.462. The number of nitrogens with zero attached hydrogens (tertiary/aromatic N) is 1. The Labute approximate surface area is 102 Å². The molecule has 0 fully saturated rings. The van der Waals surface area contributed by atoms with Crippen molar-refractivity contribution in [3.8, 4) is 11.8 Å². The van der Waals surface area contributed by atoms with E-state index in [0.717, 1.165) is 5.56 Å². The zero-order valence-electron chi connectivity index (χ0n) is 10.4. The number of benzene rings is 1. The van der Waals surface area contributed by atoms with Crippen molar-refractivity contribution in [1.29, 1.82) is 5.26 Å². The van der Waals surface area contributed by atoms with Crippen molar-refractivity contribution in [2.24, 2.45) is 0 Å². The Balaban J connectivity index is 2.99. The maximum absolute atomic E-state index is 9.21. The summed E-state index contributed by atoms with van der Waals surface area (Å²) in [6.45, 7) is 3.64. The summed E-state index contributed by atoms with van der Waals surface area (Å²) < 4.78 is 5.22. The zero-order chi connectivity index (χ0) is 12.9. The summed E-state index contributed by atoms with van der Waals surface area (Å²) in [5, 5.41) is 21.5. The lowest BCUT2D eigenvalue weighted by Gasteiger charge is -2.27. The minimum atomic E-state index is -0.513. The molecule has 1 unspecified atom stereocenters. The zero-order valence-corrected chi connectivity index (χ0v) is 10.4. The molecular formula is C13H18N2O2. The van der Waals surface area contributed by atoms with E-state index in [9.17, 15) is 10.4 Å². The lowest BCUT2D eigenvalue weighted by atomic mass is 10.0. The minimum Gasteiger partial charge on any atom is -0.496 e. The van der Waals surface area contributed by atoms with Crippen molar-refractivity contribution in [3.05, 3.63) is 29.8 Å². The largest absolute Gasteiger partial charge is 0.496 e. The van der Waals surface area contributed by atoms with Gasteiger partial charge >= 0.3 is 0 Å². The van der Waals surface area contributed by atoms with Gasteiger partial charge in [0, 0.05) is 11.1 Å². The first-order chi connectivity index (χ1) is 8.04. The maximum atomic E-state index is 9.21. The van der Waals surface area contributed by atoms with Gasteiger partial charge in [-0.3, -0.25) is 5.32 Å². The monoisotopic (exact) mass is 234 g/mol. The van der Waals surface area contributed by atoms with Gasteiger partial charge in [-0.05, 0) is 19.9 Å². The van der Waals surface area contributed by atoms with Gasteiger partial charge in [-0.1, -0.05) is 18.2 Å². The molecule has 0 amide bonds. The van der Waals surface area contributed by atoms with Crippen LogP contribution in [0, 0.1) is 11.3 Å². The number of para-hydroxylation sites is 1. The molecule has 0 saturated carbocycles.